The van der Waals surface area contributed by atoms with Gasteiger partial charge in [0.25, 0.3) is 0 Å². The van der Waals surface area contributed by atoms with Crippen molar-refractivity contribution in [1.82, 2.24) is 10.9 Å². The third-order valence-electron chi connectivity index (χ3n) is 2.28. The summed E-state index contributed by atoms with van der Waals surface area (Å²) < 4.78 is 5.60. The van der Waals surface area contributed by atoms with Gasteiger partial charge in [-0.2, -0.15) is 0 Å². The number of hydrogen-bond acceptors (Lipinski definition) is 3. The average molecular weight is 236 g/mol. The summed E-state index contributed by atoms with van der Waals surface area (Å²) in [6.45, 7) is 4.64. The summed E-state index contributed by atoms with van der Waals surface area (Å²) in [5.74, 6) is 0.855. The summed E-state index contributed by atoms with van der Waals surface area (Å²) in [5.41, 5.74) is 7.49. The van der Waals surface area contributed by atoms with Crippen LogP contribution in [0, 0.1) is 13.8 Å². The molecule has 1 amide bonds. The van der Waals surface area contributed by atoms with Crippen LogP contribution in [-0.4, -0.2) is 19.6 Å². The van der Waals surface area contributed by atoms with Crippen molar-refractivity contribution in [3.8, 4) is 5.75 Å². The number of benzene rings is 1. The third-order valence-corrected chi connectivity index (χ3v) is 2.28. The molecule has 1 rings (SSSR count). The molecular formula is C13H20N2O2. The summed E-state index contributed by atoms with van der Waals surface area (Å²) in [6, 6.07) is 6.11. The lowest BCUT2D eigenvalue weighted by atomic mass is 10.1. The Morgan fingerprint density at radius 3 is 2.47 bits per heavy atom. The minimum atomic E-state index is -0.0171. The van der Waals surface area contributed by atoms with Gasteiger partial charge >= 0.3 is 0 Å². The fraction of sp³-hybridized carbons (Fsp3) is 0.462. The van der Waals surface area contributed by atoms with E-state index in [1.165, 1.54) is 11.1 Å². The topological polar surface area (TPSA) is 50.4 Å². The molecule has 0 spiro atoms. The van der Waals surface area contributed by atoms with Gasteiger partial charge in [-0.05, 0) is 43.5 Å². The molecule has 0 radical (unpaired) electrons. The molecule has 0 saturated carbocycles. The predicted octanol–water partition coefficient (Wildman–Crippen LogP) is 1.71. The first-order valence-corrected chi connectivity index (χ1v) is 5.78. The lowest BCUT2D eigenvalue weighted by Gasteiger charge is -2.08. The van der Waals surface area contributed by atoms with Crippen LogP contribution >= 0.6 is 0 Å². The fourth-order valence-electron chi connectivity index (χ4n) is 1.64. The second kappa shape index (κ2) is 6.91. The molecule has 0 aromatic heterocycles. The normalized spacial score (nSPS) is 10.1. The molecule has 0 heterocycles. The van der Waals surface area contributed by atoms with E-state index in [2.05, 4.69) is 16.9 Å². The summed E-state index contributed by atoms with van der Waals surface area (Å²) in [4.78, 5) is 11.1. The van der Waals surface area contributed by atoms with Crippen molar-refractivity contribution in [3.05, 3.63) is 29.3 Å². The molecule has 0 aliphatic rings. The summed E-state index contributed by atoms with van der Waals surface area (Å²) >= 11 is 0. The number of hydrazine groups is 1. The van der Waals surface area contributed by atoms with Crippen LogP contribution in [0.1, 0.15) is 24.0 Å². The quantitative estimate of drug-likeness (QED) is 0.584. The van der Waals surface area contributed by atoms with Crippen LogP contribution in [0.15, 0.2) is 18.2 Å². The third kappa shape index (κ3) is 5.36. The van der Waals surface area contributed by atoms with Crippen LogP contribution in [0.4, 0.5) is 0 Å². The second-order valence-corrected chi connectivity index (χ2v) is 4.07. The van der Waals surface area contributed by atoms with Gasteiger partial charge in [-0.1, -0.05) is 6.07 Å². The molecule has 0 saturated heterocycles. The molecule has 94 valence electrons. The number of rotatable bonds is 6. The predicted molar refractivity (Wildman–Crippen MR) is 67.8 cm³/mol. The number of carbonyl (C=O) groups excluding carboxylic acids is 1. The Labute approximate surface area is 102 Å². The zero-order chi connectivity index (χ0) is 12.7. The number of hydrogen-bond donors (Lipinski definition) is 2. The first-order chi connectivity index (χ1) is 8.11. The number of carbonyl (C=O) groups is 1. The monoisotopic (exact) mass is 236 g/mol. The van der Waals surface area contributed by atoms with Gasteiger partial charge in [0, 0.05) is 13.5 Å². The van der Waals surface area contributed by atoms with Crippen molar-refractivity contribution in [2.45, 2.75) is 26.7 Å². The summed E-state index contributed by atoms with van der Waals surface area (Å²) in [5, 5.41) is 0. The molecule has 0 aliphatic heterocycles. The van der Waals surface area contributed by atoms with Gasteiger partial charge < -0.3 is 4.74 Å². The zero-order valence-electron chi connectivity index (χ0n) is 10.7. The van der Waals surface area contributed by atoms with Crippen LogP contribution in [-0.2, 0) is 4.79 Å². The number of ether oxygens (including phenoxy) is 1. The van der Waals surface area contributed by atoms with E-state index in [-0.39, 0.29) is 5.91 Å². The van der Waals surface area contributed by atoms with Gasteiger partial charge in [-0.15, -0.1) is 0 Å². The molecule has 0 fully saturated rings. The molecule has 4 heteroatoms. The van der Waals surface area contributed by atoms with E-state index < -0.39 is 0 Å². The van der Waals surface area contributed by atoms with Gasteiger partial charge in [0.2, 0.25) is 5.91 Å². The highest BCUT2D eigenvalue weighted by Crippen LogP contribution is 2.16. The van der Waals surface area contributed by atoms with Crippen molar-refractivity contribution >= 4 is 5.91 Å². The Hall–Kier alpha value is -1.55. The maximum atomic E-state index is 11.1. The second-order valence-electron chi connectivity index (χ2n) is 4.07. The first kappa shape index (κ1) is 13.5. The maximum absolute atomic E-state index is 11.1. The highest BCUT2D eigenvalue weighted by atomic mass is 16.5. The molecule has 0 unspecified atom stereocenters. The number of aryl methyl sites for hydroxylation is 2. The maximum Gasteiger partial charge on any atom is 0.234 e. The lowest BCUT2D eigenvalue weighted by Crippen LogP contribution is -2.34. The van der Waals surface area contributed by atoms with Crippen molar-refractivity contribution in [2.24, 2.45) is 0 Å². The highest BCUT2D eigenvalue weighted by molar-refractivity contribution is 5.75. The number of amides is 1. The summed E-state index contributed by atoms with van der Waals surface area (Å²) in [6.07, 6.45) is 1.17. The van der Waals surface area contributed by atoms with Crippen molar-refractivity contribution in [2.75, 3.05) is 13.7 Å². The van der Waals surface area contributed by atoms with Gasteiger partial charge in [0.05, 0.1) is 6.61 Å². The molecule has 0 aliphatic carbocycles. The zero-order valence-corrected chi connectivity index (χ0v) is 10.7. The molecule has 17 heavy (non-hydrogen) atoms. The molecule has 1 aromatic carbocycles. The van der Waals surface area contributed by atoms with Crippen LogP contribution in [0.25, 0.3) is 0 Å². The molecule has 0 atom stereocenters. The molecular weight excluding hydrogens is 216 g/mol. The van der Waals surface area contributed by atoms with Crippen LogP contribution < -0.4 is 15.6 Å². The Bertz CT molecular complexity index is 357. The molecule has 0 bridgehead atoms. The highest BCUT2D eigenvalue weighted by Gasteiger charge is 2.00. The number of nitrogens with one attached hydrogen (secondary N) is 2. The van der Waals surface area contributed by atoms with E-state index in [1.54, 1.807) is 7.05 Å². The largest absolute Gasteiger partial charge is 0.494 e. The Morgan fingerprint density at radius 2 is 1.88 bits per heavy atom. The summed E-state index contributed by atoms with van der Waals surface area (Å²) in [7, 11) is 1.67. The average Bonchev–Trinajstić information content (AvgIpc) is 2.23. The van der Waals surface area contributed by atoms with Gasteiger partial charge in [0.15, 0.2) is 0 Å². The SMILES string of the molecule is CNNC(=O)CCCOc1cc(C)cc(C)c1. The molecule has 1 aromatic rings. The van der Waals surface area contributed by atoms with E-state index in [4.69, 9.17) is 4.74 Å². The van der Waals surface area contributed by atoms with E-state index in [0.717, 1.165) is 5.75 Å². The van der Waals surface area contributed by atoms with E-state index in [0.29, 0.717) is 19.4 Å². The Balaban J connectivity index is 2.28. The minimum Gasteiger partial charge on any atom is -0.494 e. The van der Waals surface area contributed by atoms with Crippen LogP contribution in [0.2, 0.25) is 0 Å². The van der Waals surface area contributed by atoms with Crippen molar-refractivity contribution in [3.63, 3.8) is 0 Å². The lowest BCUT2D eigenvalue weighted by molar-refractivity contribution is -0.122. The first-order valence-electron chi connectivity index (χ1n) is 5.78. The van der Waals surface area contributed by atoms with Crippen molar-refractivity contribution in [1.29, 1.82) is 0 Å². The van der Waals surface area contributed by atoms with E-state index >= 15 is 0 Å². The van der Waals surface area contributed by atoms with Gasteiger partial charge in [0.1, 0.15) is 5.75 Å². The van der Waals surface area contributed by atoms with E-state index in [1.807, 2.05) is 26.0 Å². The van der Waals surface area contributed by atoms with Gasteiger partial charge in [-0.3, -0.25) is 10.2 Å². The minimum absolute atomic E-state index is 0.0171. The Morgan fingerprint density at radius 1 is 1.24 bits per heavy atom. The fourth-order valence-corrected chi connectivity index (χ4v) is 1.64. The van der Waals surface area contributed by atoms with Gasteiger partial charge in [-0.25, -0.2) is 5.43 Å². The van der Waals surface area contributed by atoms with E-state index in [9.17, 15) is 4.79 Å². The molecule has 2 N–H and O–H groups in total. The molecule has 4 nitrogen and oxygen atoms in total. The smallest absolute Gasteiger partial charge is 0.234 e. The Kier molecular flexibility index (Phi) is 5.49. The van der Waals surface area contributed by atoms with Crippen LogP contribution in [0.3, 0.4) is 0 Å². The van der Waals surface area contributed by atoms with Crippen LogP contribution in [0.5, 0.6) is 5.75 Å². The standard InChI is InChI=1S/C13H20N2O2/c1-10-7-11(2)9-12(8-10)17-6-4-5-13(16)15-14-3/h7-9,14H,4-6H2,1-3H3,(H,15,16). The van der Waals surface area contributed by atoms with Crippen molar-refractivity contribution < 1.29 is 9.53 Å².